The van der Waals surface area contributed by atoms with E-state index in [4.69, 9.17) is 9.47 Å². The van der Waals surface area contributed by atoms with Gasteiger partial charge in [-0.25, -0.2) is 0 Å². The average molecular weight is 269 g/mol. The first-order valence-corrected chi connectivity index (χ1v) is 8.36. The second-order valence-electron chi connectivity index (χ2n) is 6.06. The molecular weight excluding hydrogens is 238 g/mol. The Labute approximate surface area is 118 Å². The topological polar surface area (TPSA) is 30.5 Å². The molecule has 1 aliphatic heterocycles. The van der Waals surface area contributed by atoms with Crippen LogP contribution in [0.1, 0.15) is 64.7 Å². The zero-order valence-electron chi connectivity index (χ0n) is 12.5. The van der Waals surface area contributed by atoms with Crippen molar-refractivity contribution in [3.05, 3.63) is 0 Å². The van der Waals surface area contributed by atoms with E-state index in [0.717, 1.165) is 19.8 Å². The Morgan fingerprint density at radius 2 is 1.89 bits per heavy atom. The fraction of sp³-hybridized carbons (Fsp3) is 1.00. The first-order valence-electron chi connectivity index (χ1n) is 8.36. The minimum atomic E-state index is 0.359. The molecule has 1 heterocycles. The van der Waals surface area contributed by atoms with Crippen LogP contribution in [0.15, 0.2) is 0 Å². The van der Waals surface area contributed by atoms with Crippen molar-refractivity contribution in [2.45, 2.75) is 83.0 Å². The second-order valence-corrected chi connectivity index (χ2v) is 6.06. The van der Waals surface area contributed by atoms with Crippen LogP contribution in [0.4, 0.5) is 0 Å². The van der Waals surface area contributed by atoms with Crippen LogP contribution in [-0.4, -0.2) is 38.0 Å². The SMILES string of the molecule is CCCNC1CCCCCCC1OCC1CCCO1. The maximum atomic E-state index is 6.22. The smallest absolute Gasteiger partial charge is 0.0809 e. The zero-order valence-corrected chi connectivity index (χ0v) is 12.5. The lowest BCUT2D eigenvalue weighted by Gasteiger charge is -2.31. The van der Waals surface area contributed by atoms with Gasteiger partial charge in [-0.05, 0) is 38.6 Å². The minimum Gasteiger partial charge on any atom is -0.376 e. The third-order valence-electron chi connectivity index (χ3n) is 4.38. The van der Waals surface area contributed by atoms with Gasteiger partial charge >= 0.3 is 0 Å². The summed E-state index contributed by atoms with van der Waals surface area (Å²) in [6.07, 6.45) is 12.3. The quantitative estimate of drug-likeness (QED) is 0.803. The Kier molecular flexibility index (Phi) is 7.18. The van der Waals surface area contributed by atoms with Crippen LogP contribution in [0.2, 0.25) is 0 Å². The van der Waals surface area contributed by atoms with Gasteiger partial charge in [-0.2, -0.15) is 0 Å². The standard InChI is InChI=1S/C16H31NO2/c1-2-11-17-15-9-5-3-4-6-10-16(15)19-13-14-8-7-12-18-14/h14-17H,2-13H2,1H3. The van der Waals surface area contributed by atoms with Gasteiger partial charge in [0.2, 0.25) is 0 Å². The van der Waals surface area contributed by atoms with E-state index in [-0.39, 0.29) is 0 Å². The van der Waals surface area contributed by atoms with Gasteiger partial charge in [-0.3, -0.25) is 0 Å². The molecule has 0 spiro atoms. The zero-order chi connectivity index (χ0) is 13.3. The summed E-state index contributed by atoms with van der Waals surface area (Å²) in [6.45, 7) is 5.08. The van der Waals surface area contributed by atoms with Crippen LogP contribution in [0, 0.1) is 0 Å². The highest BCUT2D eigenvalue weighted by Gasteiger charge is 2.25. The minimum absolute atomic E-state index is 0.359. The Morgan fingerprint density at radius 1 is 1.05 bits per heavy atom. The monoisotopic (exact) mass is 269 g/mol. The van der Waals surface area contributed by atoms with Crippen molar-refractivity contribution in [1.82, 2.24) is 5.32 Å². The van der Waals surface area contributed by atoms with Gasteiger partial charge in [-0.1, -0.05) is 32.6 Å². The number of hydrogen-bond donors (Lipinski definition) is 1. The van der Waals surface area contributed by atoms with Crippen molar-refractivity contribution < 1.29 is 9.47 Å². The van der Waals surface area contributed by atoms with E-state index >= 15 is 0 Å². The molecule has 1 N–H and O–H groups in total. The third kappa shape index (κ3) is 5.41. The van der Waals surface area contributed by atoms with Crippen molar-refractivity contribution in [1.29, 1.82) is 0 Å². The summed E-state index contributed by atoms with van der Waals surface area (Å²) >= 11 is 0. The summed E-state index contributed by atoms with van der Waals surface area (Å²) in [5, 5.41) is 3.70. The molecule has 0 bridgehead atoms. The summed E-state index contributed by atoms with van der Waals surface area (Å²) < 4.78 is 11.9. The van der Waals surface area contributed by atoms with E-state index in [2.05, 4.69) is 12.2 Å². The molecule has 0 aromatic carbocycles. The number of ether oxygens (including phenoxy) is 2. The number of hydrogen-bond acceptors (Lipinski definition) is 3. The first kappa shape index (κ1) is 15.3. The van der Waals surface area contributed by atoms with Gasteiger partial charge in [0.05, 0.1) is 18.8 Å². The highest BCUT2D eigenvalue weighted by atomic mass is 16.5. The molecule has 19 heavy (non-hydrogen) atoms. The average Bonchev–Trinajstić information content (AvgIpc) is 2.90. The van der Waals surface area contributed by atoms with Crippen LogP contribution in [0.25, 0.3) is 0 Å². The molecule has 1 saturated heterocycles. The molecule has 1 saturated carbocycles. The fourth-order valence-corrected chi connectivity index (χ4v) is 3.22. The highest BCUT2D eigenvalue weighted by molar-refractivity contribution is 4.80. The lowest BCUT2D eigenvalue weighted by Crippen LogP contribution is -2.43. The predicted molar refractivity (Wildman–Crippen MR) is 78.5 cm³/mol. The molecule has 0 aromatic rings. The van der Waals surface area contributed by atoms with E-state index in [1.165, 1.54) is 57.8 Å². The summed E-state index contributed by atoms with van der Waals surface area (Å²) in [4.78, 5) is 0. The summed E-state index contributed by atoms with van der Waals surface area (Å²) in [7, 11) is 0. The van der Waals surface area contributed by atoms with E-state index in [1.807, 2.05) is 0 Å². The molecule has 3 heteroatoms. The van der Waals surface area contributed by atoms with Crippen molar-refractivity contribution in [2.24, 2.45) is 0 Å². The van der Waals surface area contributed by atoms with Crippen molar-refractivity contribution in [2.75, 3.05) is 19.8 Å². The Morgan fingerprint density at radius 3 is 2.63 bits per heavy atom. The van der Waals surface area contributed by atoms with Crippen LogP contribution in [-0.2, 0) is 9.47 Å². The Balaban J connectivity index is 1.79. The van der Waals surface area contributed by atoms with Gasteiger partial charge in [0, 0.05) is 12.6 Å². The molecule has 2 fully saturated rings. The van der Waals surface area contributed by atoms with E-state index in [9.17, 15) is 0 Å². The number of nitrogens with one attached hydrogen (secondary N) is 1. The van der Waals surface area contributed by atoms with E-state index in [1.54, 1.807) is 0 Å². The molecule has 2 rings (SSSR count). The number of rotatable bonds is 6. The molecule has 1 aliphatic carbocycles. The summed E-state index contributed by atoms with van der Waals surface area (Å²) in [6, 6.07) is 0.557. The van der Waals surface area contributed by atoms with E-state index in [0.29, 0.717) is 18.2 Å². The summed E-state index contributed by atoms with van der Waals surface area (Å²) in [5.41, 5.74) is 0. The second kappa shape index (κ2) is 8.93. The molecular formula is C16H31NO2. The maximum Gasteiger partial charge on any atom is 0.0809 e. The Bertz CT molecular complexity index is 227. The van der Waals surface area contributed by atoms with Crippen molar-refractivity contribution >= 4 is 0 Å². The molecule has 0 aromatic heterocycles. The molecule has 3 atom stereocenters. The third-order valence-corrected chi connectivity index (χ3v) is 4.38. The van der Waals surface area contributed by atoms with Gasteiger partial charge < -0.3 is 14.8 Å². The molecule has 2 aliphatic rings. The molecule has 0 radical (unpaired) electrons. The molecule has 112 valence electrons. The normalized spacial score (nSPS) is 33.0. The van der Waals surface area contributed by atoms with Gasteiger partial charge in [0.1, 0.15) is 0 Å². The highest BCUT2D eigenvalue weighted by Crippen LogP contribution is 2.22. The van der Waals surface area contributed by atoms with Gasteiger partial charge in [0.15, 0.2) is 0 Å². The van der Waals surface area contributed by atoms with Crippen LogP contribution in [0.5, 0.6) is 0 Å². The lowest BCUT2D eigenvalue weighted by atomic mass is 9.94. The van der Waals surface area contributed by atoms with Crippen LogP contribution < -0.4 is 5.32 Å². The largest absolute Gasteiger partial charge is 0.376 e. The molecule has 3 nitrogen and oxygen atoms in total. The maximum absolute atomic E-state index is 6.22. The Hall–Kier alpha value is -0.120. The fourth-order valence-electron chi connectivity index (χ4n) is 3.22. The summed E-state index contributed by atoms with van der Waals surface area (Å²) in [5.74, 6) is 0. The van der Waals surface area contributed by atoms with Gasteiger partial charge in [0.25, 0.3) is 0 Å². The predicted octanol–water partition coefficient (Wildman–Crippen LogP) is 3.27. The van der Waals surface area contributed by atoms with E-state index < -0.39 is 0 Å². The lowest BCUT2D eigenvalue weighted by molar-refractivity contribution is -0.0404. The first-order chi connectivity index (χ1) is 9.40. The van der Waals surface area contributed by atoms with Crippen molar-refractivity contribution in [3.63, 3.8) is 0 Å². The van der Waals surface area contributed by atoms with Crippen LogP contribution >= 0.6 is 0 Å². The van der Waals surface area contributed by atoms with Crippen LogP contribution in [0.3, 0.4) is 0 Å². The van der Waals surface area contributed by atoms with Crippen molar-refractivity contribution in [3.8, 4) is 0 Å². The molecule has 3 unspecified atom stereocenters. The molecule has 0 amide bonds. The van der Waals surface area contributed by atoms with Gasteiger partial charge in [-0.15, -0.1) is 0 Å².